The van der Waals surface area contributed by atoms with Gasteiger partial charge in [-0.25, -0.2) is 0 Å². The van der Waals surface area contributed by atoms with E-state index in [1.54, 1.807) is 7.11 Å². The first kappa shape index (κ1) is 17.2. The van der Waals surface area contributed by atoms with Gasteiger partial charge in [0.1, 0.15) is 5.78 Å². The molecule has 2 unspecified atom stereocenters. The summed E-state index contributed by atoms with van der Waals surface area (Å²) in [5.74, 6) is 0.960. The van der Waals surface area contributed by atoms with E-state index >= 15 is 0 Å². The van der Waals surface area contributed by atoms with Crippen LogP contribution in [0.4, 0.5) is 0 Å². The van der Waals surface area contributed by atoms with E-state index in [9.17, 15) is 4.79 Å². The molecule has 2 heteroatoms. The van der Waals surface area contributed by atoms with Crippen LogP contribution in [-0.4, -0.2) is 19.5 Å². The number of Topliss-reactive ketones (excluding diaryl/α,β-unsaturated/α-hetero) is 1. The Hall–Kier alpha value is -0.890. The standard InChI is InChI=1S/C18H30O2/c1-4-6-9-15(5-2)14-18(19)17-11-8-7-10-16(17)12-13-20-3/h8,10-11,15,17H,4-7,9,12-14H2,1-3H3. The maximum absolute atomic E-state index is 12.6. The Bertz CT molecular complexity index is 341. The number of carbonyl (C=O) groups is 1. The molecular formula is C18H30O2. The normalized spacial score (nSPS) is 19.8. The number of methoxy groups -OCH3 is 1. The van der Waals surface area contributed by atoms with E-state index in [0.29, 0.717) is 18.3 Å². The molecule has 20 heavy (non-hydrogen) atoms. The number of unbranched alkanes of at least 4 members (excludes halogenated alkanes) is 1. The predicted molar refractivity (Wildman–Crippen MR) is 84.8 cm³/mol. The second kappa shape index (κ2) is 9.93. The Morgan fingerprint density at radius 1 is 1.45 bits per heavy atom. The molecule has 0 aliphatic heterocycles. The van der Waals surface area contributed by atoms with Crippen molar-refractivity contribution in [3.05, 3.63) is 23.8 Å². The van der Waals surface area contributed by atoms with Gasteiger partial charge in [0.2, 0.25) is 0 Å². The van der Waals surface area contributed by atoms with Crippen LogP contribution in [-0.2, 0) is 9.53 Å². The third-order valence-corrected chi connectivity index (χ3v) is 4.22. The number of carbonyl (C=O) groups excluding carboxylic acids is 1. The van der Waals surface area contributed by atoms with Crippen molar-refractivity contribution < 1.29 is 9.53 Å². The molecule has 1 aliphatic rings. The van der Waals surface area contributed by atoms with Gasteiger partial charge in [0.15, 0.2) is 0 Å². The highest BCUT2D eigenvalue weighted by molar-refractivity contribution is 5.86. The molecule has 0 radical (unpaired) electrons. The van der Waals surface area contributed by atoms with E-state index in [0.717, 1.165) is 25.7 Å². The maximum atomic E-state index is 12.6. The fraction of sp³-hybridized carbons (Fsp3) is 0.722. The fourth-order valence-corrected chi connectivity index (χ4v) is 2.83. The molecule has 0 amide bonds. The van der Waals surface area contributed by atoms with Crippen molar-refractivity contribution >= 4 is 5.78 Å². The van der Waals surface area contributed by atoms with Gasteiger partial charge in [0.05, 0.1) is 5.92 Å². The summed E-state index contributed by atoms with van der Waals surface area (Å²) in [6, 6.07) is 0. The maximum Gasteiger partial charge on any atom is 0.144 e. The van der Waals surface area contributed by atoms with Crippen molar-refractivity contribution in [3.63, 3.8) is 0 Å². The van der Waals surface area contributed by atoms with Crippen LogP contribution >= 0.6 is 0 Å². The molecule has 0 aromatic heterocycles. The van der Waals surface area contributed by atoms with Crippen molar-refractivity contribution in [1.29, 1.82) is 0 Å². The molecule has 0 N–H and O–H groups in total. The van der Waals surface area contributed by atoms with Gasteiger partial charge in [-0.05, 0) is 18.8 Å². The number of ketones is 1. The number of hydrogen-bond acceptors (Lipinski definition) is 2. The van der Waals surface area contributed by atoms with E-state index in [4.69, 9.17) is 4.74 Å². The van der Waals surface area contributed by atoms with Gasteiger partial charge in [0.25, 0.3) is 0 Å². The monoisotopic (exact) mass is 278 g/mol. The average Bonchev–Trinajstić information content (AvgIpc) is 2.49. The second-order valence-corrected chi connectivity index (χ2v) is 5.75. The zero-order chi connectivity index (χ0) is 14.8. The molecule has 2 atom stereocenters. The first-order valence-electron chi connectivity index (χ1n) is 8.10. The van der Waals surface area contributed by atoms with Gasteiger partial charge in [-0.3, -0.25) is 4.79 Å². The van der Waals surface area contributed by atoms with Gasteiger partial charge in [-0.2, -0.15) is 0 Å². The molecule has 0 bridgehead atoms. The molecule has 1 rings (SSSR count). The molecule has 1 aliphatic carbocycles. The molecule has 0 aromatic carbocycles. The Balaban J connectivity index is 2.56. The Morgan fingerprint density at radius 2 is 2.25 bits per heavy atom. The third kappa shape index (κ3) is 5.62. The quantitative estimate of drug-likeness (QED) is 0.541. The average molecular weight is 278 g/mol. The third-order valence-electron chi connectivity index (χ3n) is 4.22. The Kier molecular flexibility index (Phi) is 8.52. The van der Waals surface area contributed by atoms with Crippen LogP contribution in [0.15, 0.2) is 23.8 Å². The summed E-state index contributed by atoms with van der Waals surface area (Å²) in [5.41, 5.74) is 1.25. The summed E-state index contributed by atoms with van der Waals surface area (Å²) in [6.45, 7) is 5.12. The smallest absolute Gasteiger partial charge is 0.144 e. The first-order chi connectivity index (χ1) is 9.72. The van der Waals surface area contributed by atoms with Gasteiger partial charge < -0.3 is 4.74 Å². The summed E-state index contributed by atoms with van der Waals surface area (Å²) < 4.78 is 5.15. The SMILES string of the molecule is CCCCC(CC)CC(=O)C1C=CCC=C1CCOC. The van der Waals surface area contributed by atoms with Crippen LogP contribution in [0.2, 0.25) is 0 Å². The van der Waals surface area contributed by atoms with Crippen molar-refractivity contribution in [2.75, 3.05) is 13.7 Å². The minimum absolute atomic E-state index is 0.00887. The topological polar surface area (TPSA) is 26.3 Å². The fourth-order valence-electron chi connectivity index (χ4n) is 2.83. The lowest BCUT2D eigenvalue weighted by atomic mass is 9.82. The summed E-state index contributed by atoms with van der Waals surface area (Å²) in [5, 5.41) is 0. The summed E-state index contributed by atoms with van der Waals surface area (Å²) in [6.07, 6.45) is 13.7. The summed E-state index contributed by atoms with van der Waals surface area (Å²) >= 11 is 0. The number of rotatable bonds is 10. The van der Waals surface area contributed by atoms with Gasteiger partial charge in [-0.1, -0.05) is 63.3 Å². The van der Waals surface area contributed by atoms with Crippen molar-refractivity contribution in [1.82, 2.24) is 0 Å². The highest BCUT2D eigenvalue weighted by atomic mass is 16.5. The molecule has 2 nitrogen and oxygen atoms in total. The molecule has 0 saturated heterocycles. The number of hydrogen-bond donors (Lipinski definition) is 0. The molecular weight excluding hydrogens is 248 g/mol. The van der Waals surface area contributed by atoms with Crippen LogP contribution in [0.1, 0.15) is 58.8 Å². The summed E-state index contributed by atoms with van der Waals surface area (Å²) in [7, 11) is 1.72. The Labute approximate surface area is 124 Å². The molecule has 0 saturated carbocycles. The van der Waals surface area contributed by atoms with Crippen LogP contribution in [0.5, 0.6) is 0 Å². The highest BCUT2D eigenvalue weighted by Gasteiger charge is 2.23. The largest absolute Gasteiger partial charge is 0.384 e. The van der Waals surface area contributed by atoms with Crippen LogP contribution < -0.4 is 0 Å². The lowest BCUT2D eigenvalue weighted by molar-refractivity contribution is -0.121. The number of allylic oxidation sites excluding steroid dienone is 3. The first-order valence-corrected chi connectivity index (χ1v) is 8.10. The van der Waals surface area contributed by atoms with Crippen LogP contribution in [0.25, 0.3) is 0 Å². The van der Waals surface area contributed by atoms with E-state index in [1.165, 1.54) is 24.8 Å². The van der Waals surface area contributed by atoms with E-state index in [1.807, 2.05) is 0 Å². The van der Waals surface area contributed by atoms with Crippen molar-refractivity contribution in [3.8, 4) is 0 Å². The van der Waals surface area contributed by atoms with E-state index in [2.05, 4.69) is 32.1 Å². The molecule has 0 heterocycles. The van der Waals surface area contributed by atoms with Gasteiger partial charge in [0, 0.05) is 20.1 Å². The van der Waals surface area contributed by atoms with Crippen molar-refractivity contribution in [2.45, 2.75) is 58.8 Å². The second-order valence-electron chi connectivity index (χ2n) is 5.75. The lowest BCUT2D eigenvalue weighted by Crippen LogP contribution is -2.20. The zero-order valence-corrected chi connectivity index (χ0v) is 13.4. The lowest BCUT2D eigenvalue weighted by Gasteiger charge is -2.22. The van der Waals surface area contributed by atoms with Crippen molar-refractivity contribution in [2.24, 2.45) is 11.8 Å². The van der Waals surface area contributed by atoms with E-state index < -0.39 is 0 Å². The molecule has 0 fully saturated rings. The zero-order valence-electron chi connectivity index (χ0n) is 13.4. The van der Waals surface area contributed by atoms with E-state index in [-0.39, 0.29) is 5.92 Å². The van der Waals surface area contributed by atoms with Crippen LogP contribution in [0, 0.1) is 11.8 Å². The molecule has 0 spiro atoms. The minimum Gasteiger partial charge on any atom is -0.384 e. The number of ether oxygens (including phenoxy) is 1. The Morgan fingerprint density at radius 3 is 2.90 bits per heavy atom. The predicted octanol–water partition coefficient (Wildman–Crippen LogP) is 4.70. The molecule has 114 valence electrons. The van der Waals surface area contributed by atoms with Gasteiger partial charge >= 0.3 is 0 Å². The summed E-state index contributed by atoms with van der Waals surface area (Å²) in [4.78, 5) is 12.6. The highest BCUT2D eigenvalue weighted by Crippen LogP contribution is 2.27. The van der Waals surface area contributed by atoms with Gasteiger partial charge in [-0.15, -0.1) is 0 Å². The minimum atomic E-state index is 0.00887. The van der Waals surface area contributed by atoms with Crippen LogP contribution in [0.3, 0.4) is 0 Å². The molecule has 0 aromatic rings.